The van der Waals surface area contributed by atoms with Gasteiger partial charge >= 0.3 is 0 Å². The Morgan fingerprint density at radius 1 is 1.16 bits per heavy atom. The zero-order valence-corrected chi connectivity index (χ0v) is 22.0. The largest absolute Gasteiger partial charge is 0.494 e. The zero-order valence-electron chi connectivity index (χ0n) is 21.2. The average Bonchev–Trinajstić information content (AvgIpc) is 3.41. The average molecular weight is 521 g/mol. The predicted octanol–water partition coefficient (Wildman–Crippen LogP) is 3.71. The number of rotatable bonds is 5. The molecule has 5 rings (SSSR count). The predicted molar refractivity (Wildman–Crippen MR) is 141 cm³/mol. The van der Waals surface area contributed by atoms with Crippen molar-refractivity contribution in [1.82, 2.24) is 29.5 Å². The molecular weight excluding hydrogens is 492 g/mol. The molecule has 4 aromatic rings. The van der Waals surface area contributed by atoms with Gasteiger partial charge in [-0.3, -0.25) is 14.3 Å². The first-order valence-corrected chi connectivity index (χ1v) is 12.5. The minimum Gasteiger partial charge on any atom is -0.494 e. The summed E-state index contributed by atoms with van der Waals surface area (Å²) >= 11 is 6.35. The topological polar surface area (TPSA) is 94.3 Å². The van der Waals surface area contributed by atoms with Gasteiger partial charge in [0.1, 0.15) is 16.4 Å². The van der Waals surface area contributed by atoms with E-state index in [4.69, 9.17) is 16.3 Å². The summed E-state index contributed by atoms with van der Waals surface area (Å²) in [4.78, 5) is 33.2. The van der Waals surface area contributed by atoms with Crippen LogP contribution < -0.4 is 10.1 Å². The van der Waals surface area contributed by atoms with Crippen molar-refractivity contribution in [3.63, 3.8) is 0 Å². The molecule has 1 fully saturated rings. The van der Waals surface area contributed by atoms with E-state index in [1.807, 2.05) is 52.9 Å². The van der Waals surface area contributed by atoms with Gasteiger partial charge < -0.3 is 19.5 Å². The highest BCUT2D eigenvalue weighted by Gasteiger charge is 2.35. The van der Waals surface area contributed by atoms with Gasteiger partial charge in [0.2, 0.25) is 0 Å². The van der Waals surface area contributed by atoms with E-state index in [1.165, 1.54) is 4.68 Å². The van der Waals surface area contributed by atoms with Gasteiger partial charge in [-0.1, -0.05) is 41.9 Å². The number of carbonyl (C=O) groups excluding carboxylic acids is 2. The monoisotopic (exact) mass is 520 g/mol. The second-order valence-electron chi connectivity index (χ2n) is 9.41. The van der Waals surface area contributed by atoms with E-state index in [9.17, 15) is 9.59 Å². The number of hydrogen-bond donors (Lipinski definition) is 1. The molecule has 3 heterocycles. The van der Waals surface area contributed by atoms with Crippen LogP contribution in [-0.4, -0.2) is 62.3 Å². The third kappa shape index (κ3) is 4.55. The molecule has 2 atom stereocenters. The fourth-order valence-electron chi connectivity index (χ4n) is 5.14. The first-order chi connectivity index (χ1) is 17.8. The molecule has 0 radical (unpaired) electrons. The molecule has 9 nitrogen and oxygen atoms in total. The molecule has 2 aromatic carbocycles. The normalized spacial score (nSPS) is 17.7. The fraction of sp³-hybridized carbons (Fsp3) is 0.333. The van der Waals surface area contributed by atoms with Crippen LogP contribution in [0.15, 0.2) is 48.8 Å². The van der Waals surface area contributed by atoms with Crippen LogP contribution in [0.1, 0.15) is 44.3 Å². The summed E-state index contributed by atoms with van der Waals surface area (Å²) in [6.07, 6.45) is 2.30. The standard InChI is InChI=1S/C27H29ClN6O3/c1-16-23(25(28)33(3)31-16)26(35)30-20-10-11-34(14-19(20)17-8-6-5-7-9-17)27(36)18-12-21-24(22(13-18)37-4)29-15-32(21)2/h5-9,12-13,15,19-20H,10-11,14H2,1-4H3,(H,30,35)/t19-,20-/m1/s1. The lowest BCUT2D eigenvalue weighted by Crippen LogP contribution is -2.51. The molecule has 0 unspecified atom stereocenters. The van der Waals surface area contributed by atoms with E-state index in [2.05, 4.69) is 15.4 Å². The summed E-state index contributed by atoms with van der Waals surface area (Å²) in [7, 11) is 5.17. The van der Waals surface area contributed by atoms with Crippen molar-refractivity contribution in [3.8, 4) is 5.75 Å². The SMILES string of the molecule is COc1cc(C(=O)N2CC[C@@H](NC(=O)c3c(C)nn(C)c3Cl)[C@@H](c3ccccc3)C2)cc2c1ncn2C. The summed E-state index contributed by atoms with van der Waals surface area (Å²) < 4.78 is 8.89. The van der Waals surface area contributed by atoms with Gasteiger partial charge in [-0.05, 0) is 31.0 Å². The van der Waals surface area contributed by atoms with E-state index in [0.717, 1.165) is 16.6 Å². The van der Waals surface area contributed by atoms with E-state index in [-0.39, 0.29) is 23.8 Å². The van der Waals surface area contributed by atoms with Crippen molar-refractivity contribution in [2.45, 2.75) is 25.3 Å². The third-order valence-electron chi connectivity index (χ3n) is 7.09. The third-order valence-corrected chi connectivity index (χ3v) is 7.52. The van der Waals surface area contributed by atoms with Crippen molar-refractivity contribution in [1.29, 1.82) is 0 Å². The van der Waals surface area contributed by atoms with Crippen molar-refractivity contribution >= 4 is 34.4 Å². The Labute approximate surface area is 220 Å². The lowest BCUT2D eigenvalue weighted by molar-refractivity contribution is 0.0671. The molecule has 0 saturated carbocycles. The van der Waals surface area contributed by atoms with Gasteiger partial charge in [-0.25, -0.2) is 4.98 Å². The van der Waals surface area contributed by atoms with Gasteiger partial charge in [-0.15, -0.1) is 0 Å². The quantitative estimate of drug-likeness (QED) is 0.433. The summed E-state index contributed by atoms with van der Waals surface area (Å²) in [5.74, 6) is 0.124. The molecular formula is C27H29ClN6O3. The Hall–Kier alpha value is -3.85. The van der Waals surface area contributed by atoms with E-state index in [1.54, 1.807) is 33.5 Å². The summed E-state index contributed by atoms with van der Waals surface area (Å²) in [5.41, 5.74) is 4.10. The number of imidazole rings is 1. The molecule has 37 heavy (non-hydrogen) atoms. The van der Waals surface area contributed by atoms with Crippen LogP contribution in [0.4, 0.5) is 0 Å². The number of halogens is 1. The highest BCUT2D eigenvalue weighted by atomic mass is 35.5. The molecule has 0 bridgehead atoms. The molecule has 10 heteroatoms. The number of aromatic nitrogens is 4. The number of benzene rings is 2. The maximum Gasteiger partial charge on any atom is 0.256 e. The van der Waals surface area contributed by atoms with Gasteiger partial charge in [-0.2, -0.15) is 5.10 Å². The summed E-state index contributed by atoms with van der Waals surface area (Å²) in [6, 6.07) is 13.4. The minimum atomic E-state index is -0.257. The number of carbonyl (C=O) groups is 2. The Morgan fingerprint density at radius 3 is 2.59 bits per heavy atom. The van der Waals surface area contributed by atoms with Crippen LogP contribution in [0.25, 0.3) is 11.0 Å². The number of methoxy groups -OCH3 is 1. The van der Waals surface area contributed by atoms with E-state index >= 15 is 0 Å². The highest BCUT2D eigenvalue weighted by molar-refractivity contribution is 6.33. The summed E-state index contributed by atoms with van der Waals surface area (Å²) in [6.45, 7) is 2.72. The molecule has 1 saturated heterocycles. The number of piperidine rings is 1. The molecule has 0 aliphatic carbocycles. The molecule has 2 aromatic heterocycles. The van der Waals surface area contributed by atoms with Crippen LogP contribution in [0.5, 0.6) is 5.75 Å². The number of hydrogen-bond acceptors (Lipinski definition) is 5. The molecule has 1 aliphatic rings. The van der Waals surface area contributed by atoms with Crippen molar-refractivity contribution < 1.29 is 14.3 Å². The maximum atomic E-state index is 13.7. The van der Waals surface area contributed by atoms with Crippen molar-refractivity contribution in [2.75, 3.05) is 20.2 Å². The second-order valence-corrected chi connectivity index (χ2v) is 9.77. The molecule has 0 spiro atoms. The highest BCUT2D eigenvalue weighted by Crippen LogP contribution is 2.31. The lowest BCUT2D eigenvalue weighted by atomic mass is 9.85. The van der Waals surface area contributed by atoms with Crippen LogP contribution in [0, 0.1) is 6.92 Å². The smallest absolute Gasteiger partial charge is 0.256 e. The Balaban J connectivity index is 1.43. The van der Waals surface area contributed by atoms with Crippen LogP contribution >= 0.6 is 11.6 Å². The number of nitrogens with one attached hydrogen (secondary N) is 1. The molecule has 2 amide bonds. The Kier molecular flexibility index (Phi) is 6.64. The Morgan fingerprint density at radius 2 is 1.92 bits per heavy atom. The number of aryl methyl sites for hydroxylation is 3. The van der Waals surface area contributed by atoms with Crippen molar-refractivity contribution in [3.05, 3.63) is 76.3 Å². The van der Waals surface area contributed by atoms with Gasteiger partial charge in [0.15, 0.2) is 0 Å². The minimum absolute atomic E-state index is 0.0849. The van der Waals surface area contributed by atoms with E-state index < -0.39 is 0 Å². The van der Waals surface area contributed by atoms with Gasteiger partial charge in [0, 0.05) is 44.7 Å². The number of nitrogens with zero attached hydrogens (tertiary/aromatic N) is 5. The first-order valence-electron chi connectivity index (χ1n) is 12.1. The maximum absolute atomic E-state index is 13.7. The Bertz CT molecular complexity index is 1480. The fourth-order valence-corrected chi connectivity index (χ4v) is 5.40. The number of amides is 2. The van der Waals surface area contributed by atoms with Crippen molar-refractivity contribution in [2.24, 2.45) is 14.1 Å². The van der Waals surface area contributed by atoms with Gasteiger partial charge in [0.25, 0.3) is 11.8 Å². The van der Waals surface area contributed by atoms with Crippen LogP contribution in [-0.2, 0) is 14.1 Å². The summed E-state index contributed by atoms with van der Waals surface area (Å²) in [5, 5.41) is 7.75. The van der Waals surface area contributed by atoms with Crippen LogP contribution in [0.2, 0.25) is 5.15 Å². The zero-order chi connectivity index (χ0) is 26.3. The second kappa shape index (κ2) is 9.89. The van der Waals surface area contributed by atoms with Crippen LogP contribution in [0.3, 0.4) is 0 Å². The molecule has 1 N–H and O–H groups in total. The number of ether oxygens (including phenoxy) is 1. The first kappa shape index (κ1) is 24.8. The number of likely N-dealkylation sites (tertiary alicyclic amines) is 1. The molecule has 1 aliphatic heterocycles. The molecule has 192 valence electrons. The lowest BCUT2D eigenvalue weighted by Gasteiger charge is -2.39. The number of fused-ring (bicyclic) bond motifs is 1. The van der Waals surface area contributed by atoms with E-state index in [0.29, 0.717) is 47.2 Å². The van der Waals surface area contributed by atoms with Gasteiger partial charge in [0.05, 0.1) is 30.2 Å².